The summed E-state index contributed by atoms with van der Waals surface area (Å²) in [5.41, 5.74) is 8.15. The number of ether oxygens (including phenoxy) is 1. The van der Waals surface area contributed by atoms with E-state index in [0.717, 1.165) is 25.3 Å². The molecule has 0 bridgehead atoms. The molecule has 19 heavy (non-hydrogen) atoms. The van der Waals surface area contributed by atoms with E-state index in [0.29, 0.717) is 11.3 Å². The van der Waals surface area contributed by atoms with Crippen LogP contribution in [0.15, 0.2) is 18.2 Å². The van der Waals surface area contributed by atoms with Gasteiger partial charge in [-0.2, -0.15) is 0 Å². The lowest BCUT2D eigenvalue weighted by Crippen LogP contribution is -2.41. The van der Waals surface area contributed by atoms with E-state index < -0.39 is 0 Å². The highest BCUT2D eigenvalue weighted by molar-refractivity contribution is 5.92. The minimum absolute atomic E-state index is 0.335. The Morgan fingerprint density at radius 1 is 1.42 bits per heavy atom. The van der Waals surface area contributed by atoms with Crippen LogP contribution in [0.2, 0.25) is 0 Å². The molecule has 1 fully saturated rings. The number of carbonyl (C=O) groups excluding carboxylic acids is 1. The lowest BCUT2D eigenvalue weighted by molar-refractivity contribution is 0.0600. The van der Waals surface area contributed by atoms with Crippen molar-refractivity contribution in [3.63, 3.8) is 0 Å². The number of nitrogens with zero attached hydrogens (tertiary/aromatic N) is 2. The van der Waals surface area contributed by atoms with Crippen LogP contribution in [0.5, 0.6) is 0 Å². The van der Waals surface area contributed by atoms with Gasteiger partial charge in [-0.3, -0.25) is 0 Å². The van der Waals surface area contributed by atoms with E-state index in [4.69, 9.17) is 10.5 Å². The summed E-state index contributed by atoms with van der Waals surface area (Å²) in [7, 11) is 1.39. The molecule has 1 saturated heterocycles. The summed E-state index contributed by atoms with van der Waals surface area (Å²) < 4.78 is 4.76. The summed E-state index contributed by atoms with van der Waals surface area (Å²) in [4.78, 5) is 11.6. The van der Waals surface area contributed by atoms with Gasteiger partial charge in [0.05, 0.1) is 24.0 Å². The maximum atomic E-state index is 11.6. The van der Waals surface area contributed by atoms with Gasteiger partial charge in [0.1, 0.15) is 0 Å². The normalized spacial score (nSPS) is 15.5. The predicted molar refractivity (Wildman–Crippen MR) is 76.0 cm³/mol. The van der Waals surface area contributed by atoms with Gasteiger partial charge in [0.15, 0.2) is 0 Å². The van der Waals surface area contributed by atoms with Crippen LogP contribution in [0.25, 0.3) is 0 Å². The number of hydrazine groups is 1. The Morgan fingerprint density at radius 3 is 2.68 bits per heavy atom. The van der Waals surface area contributed by atoms with E-state index in [-0.39, 0.29) is 5.97 Å². The van der Waals surface area contributed by atoms with Gasteiger partial charge in [0.2, 0.25) is 0 Å². The summed E-state index contributed by atoms with van der Waals surface area (Å²) in [6.07, 6.45) is 2.40. The molecule has 0 amide bonds. The van der Waals surface area contributed by atoms with Gasteiger partial charge in [0.25, 0.3) is 0 Å². The fourth-order valence-electron chi connectivity index (χ4n) is 2.48. The zero-order chi connectivity index (χ0) is 13.8. The number of nitrogen functional groups attached to an aromatic ring is 1. The number of nitrogens with two attached hydrogens (primary N) is 1. The van der Waals surface area contributed by atoms with Crippen LogP contribution in [0.4, 0.5) is 11.4 Å². The maximum absolute atomic E-state index is 11.6. The molecule has 1 aromatic rings. The van der Waals surface area contributed by atoms with Gasteiger partial charge in [-0.25, -0.2) is 9.80 Å². The largest absolute Gasteiger partial charge is 0.465 e. The van der Waals surface area contributed by atoms with E-state index in [2.05, 4.69) is 16.9 Å². The lowest BCUT2D eigenvalue weighted by atomic mass is 10.1. The van der Waals surface area contributed by atoms with Crippen LogP contribution in [0, 0.1) is 0 Å². The highest BCUT2D eigenvalue weighted by atomic mass is 16.5. The Balaban J connectivity index is 2.32. The Labute approximate surface area is 113 Å². The number of benzene rings is 1. The molecule has 0 unspecified atom stereocenters. The lowest BCUT2D eigenvalue weighted by Gasteiger charge is -2.33. The van der Waals surface area contributed by atoms with Gasteiger partial charge in [0, 0.05) is 19.6 Å². The second-order valence-corrected chi connectivity index (χ2v) is 4.64. The molecular formula is C14H21N3O2. The molecule has 1 aliphatic heterocycles. The molecule has 2 rings (SSSR count). The molecule has 2 N–H and O–H groups in total. The molecule has 1 aromatic carbocycles. The SMILES string of the molecule is CCN(c1cc(C(=O)OC)ccc1N)N1CCCC1. The van der Waals surface area contributed by atoms with Gasteiger partial charge < -0.3 is 15.5 Å². The molecule has 0 aromatic heterocycles. The topological polar surface area (TPSA) is 58.8 Å². The van der Waals surface area contributed by atoms with Crippen LogP contribution in [0.1, 0.15) is 30.1 Å². The predicted octanol–water partition coefficient (Wildman–Crippen LogP) is 1.89. The molecule has 0 aliphatic carbocycles. The second-order valence-electron chi connectivity index (χ2n) is 4.64. The zero-order valence-corrected chi connectivity index (χ0v) is 11.6. The van der Waals surface area contributed by atoms with Crippen LogP contribution in [-0.2, 0) is 4.74 Å². The van der Waals surface area contributed by atoms with E-state index in [9.17, 15) is 4.79 Å². The smallest absolute Gasteiger partial charge is 0.337 e. The van der Waals surface area contributed by atoms with Gasteiger partial charge in [-0.15, -0.1) is 0 Å². The van der Waals surface area contributed by atoms with Crippen molar-refractivity contribution in [2.24, 2.45) is 0 Å². The van der Waals surface area contributed by atoms with Crippen molar-refractivity contribution >= 4 is 17.3 Å². The van der Waals surface area contributed by atoms with Crippen molar-refractivity contribution in [1.29, 1.82) is 0 Å². The third kappa shape index (κ3) is 2.81. The van der Waals surface area contributed by atoms with Crippen molar-refractivity contribution in [1.82, 2.24) is 5.01 Å². The van der Waals surface area contributed by atoms with E-state index in [1.54, 1.807) is 12.1 Å². The Bertz CT molecular complexity index is 456. The van der Waals surface area contributed by atoms with Crippen LogP contribution < -0.4 is 10.7 Å². The molecule has 5 nitrogen and oxygen atoms in total. The fourth-order valence-corrected chi connectivity index (χ4v) is 2.48. The molecule has 0 radical (unpaired) electrons. The number of hydrogen-bond acceptors (Lipinski definition) is 5. The molecule has 1 aliphatic rings. The van der Waals surface area contributed by atoms with E-state index in [1.165, 1.54) is 20.0 Å². The maximum Gasteiger partial charge on any atom is 0.337 e. The fraction of sp³-hybridized carbons (Fsp3) is 0.500. The van der Waals surface area contributed by atoms with Crippen molar-refractivity contribution in [2.45, 2.75) is 19.8 Å². The third-order valence-electron chi connectivity index (χ3n) is 3.45. The standard InChI is InChI=1S/C14H21N3O2/c1-3-17(16-8-4-5-9-16)13-10-11(14(18)19-2)6-7-12(13)15/h6-7,10H,3-5,8-9,15H2,1-2H3. The van der Waals surface area contributed by atoms with Crippen LogP contribution >= 0.6 is 0 Å². The minimum atomic E-state index is -0.335. The molecule has 0 atom stereocenters. The highest BCUT2D eigenvalue weighted by Crippen LogP contribution is 2.28. The zero-order valence-electron chi connectivity index (χ0n) is 11.6. The monoisotopic (exact) mass is 263 g/mol. The van der Waals surface area contributed by atoms with Crippen molar-refractivity contribution in [2.75, 3.05) is 37.5 Å². The molecule has 1 heterocycles. The Hall–Kier alpha value is -1.75. The summed E-state index contributed by atoms with van der Waals surface area (Å²) in [6.45, 7) is 4.99. The third-order valence-corrected chi connectivity index (χ3v) is 3.45. The summed E-state index contributed by atoms with van der Waals surface area (Å²) in [5.74, 6) is -0.335. The van der Waals surface area contributed by atoms with Crippen molar-refractivity contribution in [3.05, 3.63) is 23.8 Å². The molecule has 0 spiro atoms. The molecular weight excluding hydrogens is 242 g/mol. The first-order chi connectivity index (χ1) is 9.17. The summed E-state index contributed by atoms with van der Waals surface area (Å²) in [6, 6.07) is 5.27. The number of carbonyl (C=O) groups is 1. The van der Waals surface area contributed by atoms with Crippen molar-refractivity contribution in [3.8, 4) is 0 Å². The second kappa shape index (κ2) is 5.93. The van der Waals surface area contributed by atoms with Gasteiger partial charge in [-0.05, 0) is 38.0 Å². The first kappa shape index (κ1) is 13.7. The molecule has 5 heteroatoms. The number of anilines is 2. The number of rotatable bonds is 4. The number of esters is 1. The Kier molecular flexibility index (Phi) is 4.27. The first-order valence-corrected chi connectivity index (χ1v) is 6.67. The molecule has 104 valence electrons. The van der Waals surface area contributed by atoms with Crippen LogP contribution in [-0.4, -0.2) is 37.7 Å². The number of hydrogen-bond donors (Lipinski definition) is 1. The molecule has 0 saturated carbocycles. The van der Waals surface area contributed by atoms with E-state index >= 15 is 0 Å². The van der Waals surface area contributed by atoms with Crippen molar-refractivity contribution < 1.29 is 9.53 Å². The average molecular weight is 263 g/mol. The van der Waals surface area contributed by atoms with E-state index in [1.807, 2.05) is 6.07 Å². The summed E-state index contributed by atoms with van der Waals surface area (Å²) in [5, 5.41) is 4.43. The van der Waals surface area contributed by atoms with Gasteiger partial charge in [-0.1, -0.05) is 0 Å². The Morgan fingerprint density at radius 2 is 2.11 bits per heavy atom. The van der Waals surface area contributed by atoms with Gasteiger partial charge >= 0.3 is 5.97 Å². The summed E-state index contributed by atoms with van der Waals surface area (Å²) >= 11 is 0. The minimum Gasteiger partial charge on any atom is -0.465 e. The van der Waals surface area contributed by atoms with Crippen LogP contribution in [0.3, 0.4) is 0 Å². The average Bonchev–Trinajstić information content (AvgIpc) is 2.94. The number of methoxy groups -OCH3 is 1. The quantitative estimate of drug-likeness (QED) is 0.664. The highest BCUT2D eigenvalue weighted by Gasteiger charge is 2.21. The first-order valence-electron chi connectivity index (χ1n) is 6.67.